The summed E-state index contributed by atoms with van der Waals surface area (Å²) in [5.74, 6) is 0. The largest absolute Gasteiger partial charge is 0.280 e. The predicted molar refractivity (Wildman–Crippen MR) is 115 cm³/mol. The Morgan fingerprint density at radius 1 is 0.786 bits per heavy atom. The van der Waals surface area contributed by atoms with Gasteiger partial charge in [0.1, 0.15) is 0 Å². The van der Waals surface area contributed by atoms with E-state index in [2.05, 4.69) is 9.71 Å². The third kappa shape index (κ3) is 3.98. The molecule has 4 aromatic rings. The molecule has 0 bridgehead atoms. The molecule has 0 unspecified atom stereocenters. The van der Waals surface area contributed by atoms with Crippen molar-refractivity contribution in [3.8, 4) is 22.4 Å². The maximum Gasteiger partial charge on any atom is 0.261 e. The van der Waals surface area contributed by atoms with E-state index in [4.69, 9.17) is 0 Å². The molecule has 3 aromatic carbocycles. The number of thiazole rings is 1. The minimum Gasteiger partial charge on any atom is -0.280 e. The summed E-state index contributed by atoms with van der Waals surface area (Å²) in [6.45, 7) is 1.96. The molecule has 140 valence electrons. The maximum atomic E-state index is 12.7. The summed E-state index contributed by atoms with van der Waals surface area (Å²) in [6.07, 6.45) is 0. The Morgan fingerprint density at radius 3 is 2.00 bits per heavy atom. The third-order valence-electron chi connectivity index (χ3n) is 4.32. The lowest BCUT2D eigenvalue weighted by atomic mass is 10.1. The van der Waals surface area contributed by atoms with Gasteiger partial charge in [-0.25, -0.2) is 13.4 Å². The number of anilines is 1. The molecule has 0 fully saturated rings. The second-order valence-electron chi connectivity index (χ2n) is 6.33. The number of aromatic nitrogens is 1. The van der Waals surface area contributed by atoms with Gasteiger partial charge in [0.05, 0.1) is 15.6 Å². The van der Waals surface area contributed by atoms with Gasteiger partial charge in [-0.05, 0) is 42.3 Å². The van der Waals surface area contributed by atoms with Crippen molar-refractivity contribution in [1.82, 2.24) is 4.98 Å². The van der Waals surface area contributed by atoms with E-state index in [1.807, 2.05) is 66.9 Å². The van der Waals surface area contributed by atoms with Crippen LogP contribution in [0.15, 0.2) is 89.1 Å². The molecule has 28 heavy (non-hydrogen) atoms. The molecule has 0 saturated carbocycles. The van der Waals surface area contributed by atoms with Gasteiger partial charge in [0, 0.05) is 16.6 Å². The summed E-state index contributed by atoms with van der Waals surface area (Å²) in [5, 5.41) is 2.99. The van der Waals surface area contributed by atoms with E-state index in [9.17, 15) is 8.42 Å². The van der Waals surface area contributed by atoms with Gasteiger partial charge < -0.3 is 0 Å². The second kappa shape index (κ2) is 7.58. The van der Waals surface area contributed by atoms with E-state index >= 15 is 0 Å². The first-order valence-corrected chi connectivity index (χ1v) is 11.1. The molecule has 0 aliphatic carbocycles. The fraction of sp³-hybridized carbons (Fsp3) is 0.0455. The first kappa shape index (κ1) is 18.4. The smallest absolute Gasteiger partial charge is 0.261 e. The quantitative estimate of drug-likeness (QED) is 0.470. The van der Waals surface area contributed by atoms with Crippen LogP contribution in [0, 0.1) is 6.92 Å². The van der Waals surface area contributed by atoms with Gasteiger partial charge in [0.2, 0.25) is 0 Å². The highest BCUT2D eigenvalue weighted by molar-refractivity contribution is 7.92. The molecule has 6 heteroatoms. The third-order valence-corrected chi connectivity index (χ3v) is 6.49. The lowest BCUT2D eigenvalue weighted by Crippen LogP contribution is -2.12. The van der Waals surface area contributed by atoms with E-state index in [1.54, 1.807) is 35.6 Å². The molecule has 0 aliphatic heterocycles. The van der Waals surface area contributed by atoms with Crippen LogP contribution >= 0.6 is 11.3 Å². The highest BCUT2D eigenvalue weighted by atomic mass is 32.2. The van der Waals surface area contributed by atoms with Crippen molar-refractivity contribution >= 4 is 27.0 Å². The molecule has 1 heterocycles. The van der Waals surface area contributed by atoms with Crippen molar-refractivity contribution in [2.24, 2.45) is 0 Å². The zero-order valence-corrected chi connectivity index (χ0v) is 16.8. The van der Waals surface area contributed by atoms with E-state index in [0.29, 0.717) is 5.69 Å². The topological polar surface area (TPSA) is 59.1 Å². The average Bonchev–Trinajstić information content (AvgIpc) is 3.15. The Morgan fingerprint density at radius 2 is 1.39 bits per heavy atom. The van der Waals surface area contributed by atoms with Gasteiger partial charge in [-0.3, -0.25) is 4.72 Å². The van der Waals surface area contributed by atoms with E-state index in [0.717, 1.165) is 27.4 Å². The number of aryl methyl sites for hydroxylation is 1. The first-order chi connectivity index (χ1) is 13.5. The van der Waals surface area contributed by atoms with Gasteiger partial charge in [-0.1, -0.05) is 54.6 Å². The first-order valence-electron chi connectivity index (χ1n) is 8.72. The molecule has 4 nitrogen and oxygen atoms in total. The Kier molecular flexibility index (Phi) is 4.98. The van der Waals surface area contributed by atoms with Crippen molar-refractivity contribution in [3.63, 3.8) is 0 Å². The van der Waals surface area contributed by atoms with Crippen LogP contribution in [-0.4, -0.2) is 13.4 Å². The van der Waals surface area contributed by atoms with E-state index in [1.165, 1.54) is 0 Å². The summed E-state index contributed by atoms with van der Waals surface area (Å²) in [5.41, 5.74) is 4.39. The summed E-state index contributed by atoms with van der Waals surface area (Å²) in [4.78, 5) is 4.67. The Balaban J connectivity index is 1.52. The van der Waals surface area contributed by atoms with Crippen LogP contribution in [0.4, 0.5) is 5.69 Å². The summed E-state index contributed by atoms with van der Waals surface area (Å²) < 4.78 is 28.0. The molecule has 0 spiro atoms. The van der Waals surface area contributed by atoms with Crippen LogP contribution < -0.4 is 4.72 Å². The number of rotatable bonds is 5. The molecule has 4 rings (SSSR count). The van der Waals surface area contributed by atoms with Crippen LogP contribution in [0.5, 0.6) is 0 Å². The zero-order valence-electron chi connectivity index (χ0n) is 15.2. The normalized spacial score (nSPS) is 11.3. The number of hydrogen-bond donors (Lipinski definition) is 1. The van der Waals surface area contributed by atoms with Crippen molar-refractivity contribution < 1.29 is 8.42 Å². The van der Waals surface area contributed by atoms with Crippen molar-refractivity contribution in [2.45, 2.75) is 11.8 Å². The summed E-state index contributed by atoms with van der Waals surface area (Å²) >= 11 is 1.59. The molecule has 1 aromatic heterocycles. The number of hydrogen-bond acceptors (Lipinski definition) is 4. The van der Waals surface area contributed by atoms with Crippen molar-refractivity contribution in [1.29, 1.82) is 0 Å². The molecule has 0 radical (unpaired) electrons. The standard InChI is InChI=1S/C22H18N2O2S2/c1-16-23-22(15-27-16)19-7-11-20(12-8-19)24-28(25,26)21-13-9-18(10-14-21)17-5-3-2-4-6-17/h2-15,24H,1H3. The Labute approximate surface area is 168 Å². The molecule has 0 aliphatic rings. The lowest BCUT2D eigenvalue weighted by Gasteiger charge is -2.09. The van der Waals surface area contributed by atoms with E-state index in [-0.39, 0.29) is 4.90 Å². The summed E-state index contributed by atoms with van der Waals surface area (Å²) in [6, 6.07) is 24.0. The number of benzene rings is 3. The number of nitrogens with zero attached hydrogens (tertiary/aromatic N) is 1. The van der Waals surface area contributed by atoms with Crippen LogP contribution in [0.25, 0.3) is 22.4 Å². The monoisotopic (exact) mass is 406 g/mol. The highest BCUT2D eigenvalue weighted by Crippen LogP contribution is 2.25. The fourth-order valence-electron chi connectivity index (χ4n) is 2.88. The van der Waals surface area contributed by atoms with Gasteiger partial charge in [0.15, 0.2) is 0 Å². The van der Waals surface area contributed by atoms with Crippen LogP contribution in [0.1, 0.15) is 5.01 Å². The van der Waals surface area contributed by atoms with Crippen molar-refractivity contribution in [3.05, 3.63) is 89.3 Å². The molecule has 0 saturated heterocycles. The molecule has 0 atom stereocenters. The lowest BCUT2D eigenvalue weighted by molar-refractivity contribution is 0.601. The highest BCUT2D eigenvalue weighted by Gasteiger charge is 2.14. The van der Waals surface area contributed by atoms with Crippen LogP contribution in [-0.2, 0) is 10.0 Å². The van der Waals surface area contributed by atoms with Gasteiger partial charge in [0.25, 0.3) is 10.0 Å². The summed E-state index contributed by atoms with van der Waals surface area (Å²) in [7, 11) is -3.65. The predicted octanol–water partition coefficient (Wildman–Crippen LogP) is 5.59. The van der Waals surface area contributed by atoms with Gasteiger partial charge >= 0.3 is 0 Å². The maximum absolute atomic E-state index is 12.7. The minimum atomic E-state index is -3.65. The second-order valence-corrected chi connectivity index (χ2v) is 9.07. The fourth-order valence-corrected chi connectivity index (χ4v) is 4.56. The minimum absolute atomic E-state index is 0.228. The Bertz CT molecular complexity index is 1180. The number of sulfonamides is 1. The molecule has 1 N–H and O–H groups in total. The van der Waals surface area contributed by atoms with Crippen molar-refractivity contribution in [2.75, 3.05) is 4.72 Å². The van der Waals surface area contributed by atoms with Gasteiger partial charge in [-0.2, -0.15) is 0 Å². The van der Waals surface area contributed by atoms with E-state index < -0.39 is 10.0 Å². The zero-order chi connectivity index (χ0) is 19.6. The Hall–Kier alpha value is -2.96. The van der Waals surface area contributed by atoms with Gasteiger partial charge in [-0.15, -0.1) is 11.3 Å². The molecule has 0 amide bonds. The average molecular weight is 407 g/mol. The van der Waals surface area contributed by atoms with Crippen LogP contribution in [0.3, 0.4) is 0 Å². The molecular formula is C22H18N2O2S2. The van der Waals surface area contributed by atoms with Crippen LogP contribution in [0.2, 0.25) is 0 Å². The molecular weight excluding hydrogens is 388 g/mol. The number of nitrogens with one attached hydrogen (secondary N) is 1. The SMILES string of the molecule is Cc1nc(-c2ccc(NS(=O)(=O)c3ccc(-c4ccccc4)cc3)cc2)cs1.